The van der Waals surface area contributed by atoms with Crippen molar-refractivity contribution in [2.45, 2.75) is 31.5 Å². The van der Waals surface area contributed by atoms with Crippen molar-refractivity contribution in [3.05, 3.63) is 5.82 Å². The van der Waals surface area contributed by atoms with Crippen LogP contribution >= 0.6 is 11.5 Å². The Hall–Kier alpha value is -0.850. The zero-order valence-corrected chi connectivity index (χ0v) is 8.17. The third-order valence-electron chi connectivity index (χ3n) is 2.17. The van der Waals surface area contributed by atoms with Gasteiger partial charge in [-0.05, 0) is 19.8 Å². The first-order valence-corrected chi connectivity index (χ1v) is 4.85. The molecule has 1 heterocycles. The lowest BCUT2D eigenvalue weighted by atomic mass is 10.3. The number of hydrogen-bond acceptors (Lipinski definition) is 4. The highest BCUT2D eigenvalue weighted by molar-refractivity contribution is 7.09. The smallest absolute Gasteiger partial charge is 0.346 e. The van der Waals surface area contributed by atoms with E-state index in [0.29, 0.717) is 5.82 Å². The Bertz CT molecular complexity index is 342. The highest BCUT2D eigenvalue weighted by Crippen LogP contribution is 2.51. The van der Waals surface area contributed by atoms with E-state index in [-0.39, 0.29) is 18.0 Å². The van der Waals surface area contributed by atoms with Gasteiger partial charge < -0.3 is 5.32 Å². The summed E-state index contributed by atoms with van der Waals surface area (Å²) < 4.78 is 41.3. The standard InChI is InChI=1S/C7H8F3N3S/c1-4-11-5(14-13-4)12-6(2-3-6)7(8,9)10/h2-3H2,1H3,(H,11,12,13). The number of nitrogens with zero attached hydrogens (tertiary/aromatic N) is 2. The first-order valence-electron chi connectivity index (χ1n) is 4.08. The van der Waals surface area contributed by atoms with Gasteiger partial charge in [-0.3, -0.25) is 0 Å². The van der Waals surface area contributed by atoms with Gasteiger partial charge in [0.15, 0.2) is 0 Å². The summed E-state index contributed by atoms with van der Waals surface area (Å²) in [5, 5.41) is 2.66. The minimum atomic E-state index is -4.20. The minimum Gasteiger partial charge on any atom is -0.346 e. The van der Waals surface area contributed by atoms with E-state index in [1.807, 2.05) is 0 Å². The maximum Gasteiger partial charge on any atom is 0.411 e. The average Bonchev–Trinajstić information content (AvgIpc) is 2.71. The molecule has 3 nitrogen and oxygen atoms in total. The molecule has 1 aliphatic carbocycles. The van der Waals surface area contributed by atoms with E-state index >= 15 is 0 Å². The zero-order chi connectivity index (χ0) is 10.4. The first kappa shape index (κ1) is 9.70. The normalized spacial score (nSPS) is 19.4. The monoisotopic (exact) mass is 223 g/mol. The summed E-state index contributed by atoms with van der Waals surface area (Å²) in [6, 6.07) is 0. The predicted molar refractivity (Wildman–Crippen MR) is 46.3 cm³/mol. The fraction of sp³-hybridized carbons (Fsp3) is 0.714. The van der Waals surface area contributed by atoms with Crippen LogP contribution in [-0.2, 0) is 0 Å². The van der Waals surface area contributed by atoms with Gasteiger partial charge in [0.2, 0.25) is 5.13 Å². The second-order valence-electron chi connectivity index (χ2n) is 3.35. The van der Waals surface area contributed by atoms with Gasteiger partial charge in [0.1, 0.15) is 11.4 Å². The van der Waals surface area contributed by atoms with E-state index in [9.17, 15) is 13.2 Å². The van der Waals surface area contributed by atoms with E-state index < -0.39 is 11.7 Å². The molecule has 0 radical (unpaired) electrons. The van der Waals surface area contributed by atoms with Gasteiger partial charge in [0.05, 0.1) is 0 Å². The molecule has 1 saturated carbocycles. The first-order chi connectivity index (χ1) is 6.43. The summed E-state index contributed by atoms with van der Waals surface area (Å²) in [6.07, 6.45) is -3.96. The molecule has 1 fully saturated rings. The summed E-state index contributed by atoms with van der Waals surface area (Å²) in [5.41, 5.74) is -1.74. The van der Waals surface area contributed by atoms with Gasteiger partial charge in [0.25, 0.3) is 0 Å². The van der Waals surface area contributed by atoms with Gasteiger partial charge in [-0.1, -0.05) is 0 Å². The maximum atomic E-state index is 12.5. The van der Waals surface area contributed by atoms with Crippen molar-refractivity contribution >= 4 is 16.7 Å². The van der Waals surface area contributed by atoms with Crippen molar-refractivity contribution in [2.75, 3.05) is 5.32 Å². The number of aryl methyl sites for hydroxylation is 1. The van der Waals surface area contributed by atoms with E-state index in [1.165, 1.54) is 0 Å². The Morgan fingerprint density at radius 2 is 2.07 bits per heavy atom. The Balaban J connectivity index is 2.12. The van der Waals surface area contributed by atoms with Crippen LogP contribution in [0.2, 0.25) is 0 Å². The Morgan fingerprint density at radius 3 is 2.43 bits per heavy atom. The highest BCUT2D eigenvalue weighted by Gasteiger charge is 2.63. The second-order valence-corrected chi connectivity index (χ2v) is 4.10. The molecule has 0 amide bonds. The number of halogens is 3. The summed E-state index contributed by atoms with van der Waals surface area (Å²) in [4.78, 5) is 3.85. The van der Waals surface area contributed by atoms with Crippen molar-refractivity contribution in [1.29, 1.82) is 0 Å². The molecule has 1 aromatic rings. The third-order valence-corrected chi connectivity index (χ3v) is 2.89. The fourth-order valence-corrected chi connectivity index (χ4v) is 1.83. The third kappa shape index (κ3) is 1.56. The molecule has 2 rings (SSSR count). The molecular weight excluding hydrogens is 215 g/mol. The molecule has 0 saturated heterocycles. The SMILES string of the molecule is Cc1nsc(NC2(C(F)(F)F)CC2)n1. The van der Waals surface area contributed by atoms with Crippen molar-refractivity contribution in [3.8, 4) is 0 Å². The number of nitrogens with one attached hydrogen (secondary N) is 1. The fourth-order valence-electron chi connectivity index (χ4n) is 1.16. The van der Waals surface area contributed by atoms with E-state index in [1.54, 1.807) is 6.92 Å². The molecule has 0 spiro atoms. The Morgan fingerprint density at radius 1 is 1.43 bits per heavy atom. The number of alkyl halides is 3. The molecule has 0 unspecified atom stereocenters. The van der Waals surface area contributed by atoms with Crippen molar-refractivity contribution in [1.82, 2.24) is 9.36 Å². The second kappa shape index (κ2) is 2.82. The summed E-state index contributed by atoms with van der Waals surface area (Å²) in [5.74, 6) is 0.496. The molecule has 14 heavy (non-hydrogen) atoms. The average molecular weight is 223 g/mol. The maximum absolute atomic E-state index is 12.5. The predicted octanol–water partition coefficient (Wildman–Crippen LogP) is 2.35. The molecule has 78 valence electrons. The van der Waals surface area contributed by atoms with Crippen LogP contribution in [0.25, 0.3) is 0 Å². The highest BCUT2D eigenvalue weighted by atomic mass is 32.1. The molecule has 0 aliphatic heterocycles. The molecule has 1 aliphatic rings. The summed E-state index contributed by atoms with van der Waals surface area (Å²) in [6.45, 7) is 1.65. The topological polar surface area (TPSA) is 37.8 Å². The van der Waals surface area contributed by atoms with E-state index in [4.69, 9.17) is 0 Å². The van der Waals surface area contributed by atoms with Crippen LogP contribution in [-0.4, -0.2) is 21.1 Å². The van der Waals surface area contributed by atoms with E-state index in [0.717, 1.165) is 11.5 Å². The molecule has 7 heteroatoms. The van der Waals surface area contributed by atoms with Crippen LogP contribution in [0.1, 0.15) is 18.7 Å². The number of rotatable bonds is 2. The van der Waals surface area contributed by atoms with Crippen LogP contribution in [0.4, 0.5) is 18.3 Å². The van der Waals surface area contributed by atoms with Crippen LogP contribution < -0.4 is 5.32 Å². The van der Waals surface area contributed by atoms with Crippen LogP contribution in [0.3, 0.4) is 0 Å². The van der Waals surface area contributed by atoms with Gasteiger partial charge in [-0.2, -0.15) is 17.5 Å². The molecule has 1 N–H and O–H groups in total. The Kier molecular flexibility index (Phi) is 1.95. The Labute approximate surface area is 82.5 Å². The van der Waals surface area contributed by atoms with Crippen molar-refractivity contribution in [2.24, 2.45) is 0 Å². The molecular formula is C7H8F3N3S. The van der Waals surface area contributed by atoms with Gasteiger partial charge in [-0.15, -0.1) is 0 Å². The molecule has 0 atom stereocenters. The number of hydrogen-bond donors (Lipinski definition) is 1. The molecule has 0 aromatic carbocycles. The van der Waals surface area contributed by atoms with Crippen LogP contribution in [0, 0.1) is 6.92 Å². The number of anilines is 1. The van der Waals surface area contributed by atoms with Crippen LogP contribution in [0.15, 0.2) is 0 Å². The van der Waals surface area contributed by atoms with Gasteiger partial charge in [-0.25, -0.2) is 4.98 Å². The zero-order valence-electron chi connectivity index (χ0n) is 7.35. The van der Waals surface area contributed by atoms with Crippen molar-refractivity contribution < 1.29 is 13.2 Å². The van der Waals surface area contributed by atoms with Crippen LogP contribution in [0.5, 0.6) is 0 Å². The molecule has 0 bridgehead atoms. The molecule has 1 aromatic heterocycles. The number of aromatic nitrogens is 2. The minimum absolute atomic E-state index is 0.120. The largest absolute Gasteiger partial charge is 0.411 e. The summed E-state index contributed by atoms with van der Waals surface area (Å²) in [7, 11) is 0. The quantitative estimate of drug-likeness (QED) is 0.836. The van der Waals surface area contributed by atoms with Crippen molar-refractivity contribution in [3.63, 3.8) is 0 Å². The van der Waals surface area contributed by atoms with Gasteiger partial charge >= 0.3 is 6.18 Å². The van der Waals surface area contributed by atoms with Gasteiger partial charge in [0, 0.05) is 11.5 Å². The van der Waals surface area contributed by atoms with E-state index in [2.05, 4.69) is 14.7 Å². The lowest BCUT2D eigenvalue weighted by Crippen LogP contribution is -2.38. The lowest BCUT2D eigenvalue weighted by molar-refractivity contribution is -0.151. The summed E-state index contributed by atoms with van der Waals surface area (Å²) >= 11 is 0.960. The lowest BCUT2D eigenvalue weighted by Gasteiger charge is -2.19.